The molecule has 4 amide bonds. The number of amides is 4. The molecule has 1 fully saturated rings. The number of nitrogens with one attached hydrogen (secondary N) is 2. The Kier molecular flexibility index (Phi) is 4.50. The standard InChI is InChI=1S/C16H12N2O3.Li.H/c19-13-16(11-7-3-1-4-8-11,12-9-5-2-6-10-12)14(20)18-15(21)17-13;;/h1-10H,(H2,17,18,19,20,21);;/q;+1;-1. The molecule has 2 N–H and O–H groups in total. The first-order valence-corrected chi connectivity index (χ1v) is 6.43. The van der Waals surface area contributed by atoms with Crippen LogP contribution in [0.25, 0.3) is 0 Å². The zero-order valence-electron chi connectivity index (χ0n) is 13.0. The van der Waals surface area contributed by atoms with Crippen LogP contribution in [0.4, 0.5) is 4.79 Å². The summed E-state index contributed by atoms with van der Waals surface area (Å²) in [6, 6.07) is 16.6. The summed E-state index contributed by atoms with van der Waals surface area (Å²) in [6.07, 6.45) is 0. The van der Waals surface area contributed by atoms with Crippen molar-refractivity contribution in [3.05, 3.63) is 71.8 Å². The molecule has 0 saturated carbocycles. The van der Waals surface area contributed by atoms with Gasteiger partial charge in [-0.1, -0.05) is 60.7 Å². The predicted octanol–water partition coefficient (Wildman–Crippen LogP) is -1.54. The number of imide groups is 2. The van der Waals surface area contributed by atoms with Gasteiger partial charge in [0.25, 0.3) is 11.8 Å². The van der Waals surface area contributed by atoms with Crippen molar-refractivity contribution in [1.29, 1.82) is 0 Å². The minimum atomic E-state index is -1.56. The van der Waals surface area contributed by atoms with Crippen molar-refractivity contribution >= 4 is 17.8 Å². The molecule has 5 nitrogen and oxygen atoms in total. The van der Waals surface area contributed by atoms with Crippen LogP contribution in [-0.4, -0.2) is 17.8 Å². The molecule has 1 aliphatic heterocycles. The van der Waals surface area contributed by atoms with Gasteiger partial charge in [0.1, 0.15) is 0 Å². The van der Waals surface area contributed by atoms with Gasteiger partial charge in [0, 0.05) is 0 Å². The average Bonchev–Trinajstić information content (AvgIpc) is 2.49. The van der Waals surface area contributed by atoms with E-state index in [1.54, 1.807) is 60.7 Å². The molecular weight excluding hydrogens is 275 g/mol. The second-order valence-electron chi connectivity index (χ2n) is 4.72. The van der Waals surface area contributed by atoms with E-state index in [9.17, 15) is 14.4 Å². The quantitative estimate of drug-likeness (QED) is 0.519. The minimum absolute atomic E-state index is 0. The number of rotatable bonds is 2. The molecule has 22 heavy (non-hydrogen) atoms. The fourth-order valence-corrected chi connectivity index (χ4v) is 2.60. The summed E-state index contributed by atoms with van der Waals surface area (Å²) in [7, 11) is 0. The summed E-state index contributed by atoms with van der Waals surface area (Å²) < 4.78 is 0. The molecule has 0 radical (unpaired) electrons. The first-order chi connectivity index (χ1) is 10.2. The average molecular weight is 288 g/mol. The molecule has 0 spiro atoms. The van der Waals surface area contributed by atoms with Gasteiger partial charge in [-0.15, -0.1) is 0 Å². The number of hydrogen-bond acceptors (Lipinski definition) is 3. The van der Waals surface area contributed by atoms with Crippen LogP contribution in [0.15, 0.2) is 60.7 Å². The second kappa shape index (κ2) is 6.18. The van der Waals surface area contributed by atoms with Crippen LogP contribution < -0.4 is 29.5 Å². The van der Waals surface area contributed by atoms with Crippen molar-refractivity contribution in [2.45, 2.75) is 5.41 Å². The van der Waals surface area contributed by atoms with E-state index in [-0.39, 0.29) is 20.3 Å². The van der Waals surface area contributed by atoms with Gasteiger partial charge in [-0.2, -0.15) is 0 Å². The monoisotopic (exact) mass is 288 g/mol. The number of barbiturate groups is 1. The van der Waals surface area contributed by atoms with Gasteiger partial charge in [0.15, 0.2) is 5.41 Å². The summed E-state index contributed by atoms with van der Waals surface area (Å²) in [5.74, 6) is -1.29. The number of benzene rings is 2. The molecule has 3 rings (SSSR count). The van der Waals surface area contributed by atoms with Gasteiger partial charge < -0.3 is 1.43 Å². The molecule has 0 aromatic heterocycles. The molecule has 1 aliphatic rings. The fourth-order valence-electron chi connectivity index (χ4n) is 2.60. The van der Waals surface area contributed by atoms with Crippen molar-refractivity contribution in [3.63, 3.8) is 0 Å². The van der Waals surface area contributed by atoms with Crippen LogP contribution >= 0.6 is 0 Å². The molecule has 0 unspecified atom stereocenters. The van der Waals surface area contributed by atoms with Gasteiger partial charge in [0.2, 0.25) is 0 Å². The first kappa shape index (κ1) is 16.0. The maximum Gasteiger partial charge on any atom is 1.00 e. The van der Waals surface area contributed by atoms with Crippen molar-refractivity contribution in [2.24, 2.45) is 0 Å². The summed E-state index contributed by atoms with van der Waals surface area (Å²) in [5.41, 5.74) is -0.534. The van der Waals surface area contributed by atoms with Crippen molar-refractivity contribution < 1.29 is 34.7 Å². The molecular formula is C16H13LiN2O3. The predicted molar refractivity (Wildman–Crippen MR) is 76.5 cm³/mol. The summed E-state index contributed by atoms with van der Waals surface area (Å²) in [5, 5.41) is 4.38. The molecule has 0 aliphatic carbocycles. The van der Waals surface area contributed by atoms with E-state index < -0.39 is 23.3 Å². The van der Waals surface area contributed by atoms with Gasteiger partial charge in [-0.3, -0.25) is 20.2 Å². The SMILES string of the molecule is O=C1NC(=O)C(c2ccccc2)(c2ccccc2)C(=O)N1.[H-].[Li+]. The summed E-state index contributed by atoms with van der Waals surface area (Å²) in [6.45, 7) is 0. The molecule has 1 heterocycles. The Labute approximate surface area is 140 Å². The summed E-state index contributed by atoms with van der Waals surface area (Å²) >= 11 is 0. The minimum Gasteiger partial charge on any atom is -1.00 e. The second-order valence-corrected chi connectivity index (χ2v) is 4.72. The van der Waals surface area contributed by atoms with E-state index in [4.69, 9.17) is 0 Å². The molecule has 0 atom stereocenters. The molecule has 2 aromatic rings. The molecule has 1 saturated heterocycles. The Balaban J connectivity index is 0.00000132. The Morgan fingerprint density at radius 2 is 1.05 bits per heavy atom. The third kappa shape index (κ3) is 2.35. The van der Waals surface area contributed by atoms with Crippen molar-refractivity contribution in [2.75, 3.05) is 0 Å². The fraction of sp³-hybridized carbons (Fsp3) is 0.0625. The van der Waals surface area contributed by atoms with E-state index in [1.165, 1.54) is 0 Å². The van der Waals surface area contributed by atoms with Crippen LogP contribution in [0, 0.1) is 0 Å². The van der Waals surface area contributed by atoms with E-state index >= 15 is 0 Å². The normalized spacial score (nSPS) is 16.3. The van der Waals surface area contributed by atoms with E-state index in [2.05, 4.69) is 10.6 Å². The van der Waals surface area contributed by atoms with E-state index in [0.29, 0.717) is 11.1 Å². The van der Waals surface area contributed by atoms with Gasteiger partial charge in [0.05, 0.1) is 0 Å². The summed E-state index contributed by atoms with van der Waals surface area (Å²) in [4.78, 5) is 36.5. The van der Waals surface area contributed by atoms with E-state index in [1.807, 2.05) is 0 Å². The largest absolute Gasteiger partial charge is 1.00 e. The van der Waals surface area contributed by atoms with Crippen LogP contribution in [0.2, 0.25) is 0 Å². The zero-order valence-corrected chi connectivity index (χ0v) is 12.0. The Hall–Kier alpha value is -2.35. The van der Waals surface area contributed by atoms with Gasteiger partial charge in [-0.25, -0.2) is 4.79 Å². The zero-order chi connectivity index (χ0) is 14.9. The number of carbonyl (C=O) groups excluding carboxylic acids is 3. The number of urea groups is 1. The smallest absolute Gasteiger partial charge is 1.00 e. The van der Waals surface area contributed by atoms with Crippen LogP contribution in [0.5, 0.6) is 0 Å². The first-order valence-electron chi connectivity index (χ1n) is 6.43. The van der Waals surface area contributed by atoms with Crippen LogP contribution in [0.3, 0.4) is 0 Å². The molecule has 6 heteroatoms. The van der Waals surface area contributed by atoms with Crippen molar-refractivity contribution in [1.82, 2.24) is 10.6 Å². The Bertz CT molecular complexity index is 661. The number of hydrogen-bond donors (Lipinski definition) is 2. The number of carbonyl (C=O) groups is 3. The maximum absolute atomic E-state index is 12.5. The van der Waals surface area contributed by atoms with Crippen molar-refractivity contribution in [3.8, 4) is 0 Å². The van der Waals surface area contributed by atoms with Gasteiger partial charge in [-0.05, 0) is 11.1 Å². The third-order valence-corrected chi connectivity index (χ3v) is 3.55. The Morgan fingerprint density at radius 3 is 1.41 bits per heavy atom. The molecule has 0 bridgehead atoms. The molecule has 106 valence electrons. The maximum atomic E-state index is 12.5. The van der Waals surface area contributed by atoms with Crippen LogP contribution in [-0.2, 0) is 15.0 Å². The topological polar surface area (TPSA) is 75.3 Å². The van der Waals surface area contributed by atoms with E-state index in [0.717, 1.165) is 0 Å². The molecule has 2 aromatic carbocycles. The Morgan fingerprint density at radius 1 is 0.682 bits per heavy atom. The van der Waals surface area contributed by atoms with Gasteiger partial charge >= 0.3 is 24.9 Å². The van der Waals surface area contributed by atoms with Crippen LogP contribution in [0.1, 0.15) is 12.6 Å². The third-order valence-electron chi connectivity index (χ3n) is 3.55.